The second-order valence-corrected chi connectivity index (χ2v) is 40.4. The van der Waals surface area contributed by atoms with Crippen LogP contribution in [0.5, 0.6) is 0 Å². The molecule has 0 aromatic carbocycles. The molecule has 0 saturated heterocycles. The van der Waals surface area contributed by atoms with E-state index in [1.807, 2.05) is 55.4 Å². The van der Waals surface area contributed by atoms with E-state index in [2.05, 4.69) is 90.5 Å². The third kappa shape index (κ3) is 59.4. The molecular formula is C96H182N26O19. The average molecular weight is 2000 g/mol. The molecule has 15 atom stereocenters. The Hall–Kier alpha value is -10.3. The number of hydrazine groups is 1. The van der Waals surface area contributed by atoms with Crippen molar-refractivity contribution >= 4 is 112 Å². The van der Waals surface area contributed by atoms with Gasteiger partial charge in [0.25, 0.3) is 0 Å². The van der Waals surface area contributed by atoms with Crippen molar-refractivity contribution in [2.45, 2.75) is 400 Å². The van der Waals surface area contributed by atoms with Gasteiger partial charge < -0.3 is 131 Å². The summed E-state index contributed by atoms with van der Waals surface area (Å²) in [6.45, 7) is 29.9. The summed E-state index contributed by atoms with van der Waals surface area (Å²) in [7, 11) is 0. The zero-order valence-corrected chi connectivity index (χ0v) is 87.1. The quantitative estimate of drug-likeness (QED) is 0.0142. The van der Waals surface area contributed by atoms with Crippen molar-refractivity contribution in [2.75, 3.05) is 45.8 Å². The van der Waals surface area contributed by atoms with Crippen molar-refractivity contribution in [3.05, 3.63) is 0 Å². The largest absolute Gasteiger partial charge is 0.370 e. The molecule has 0 spiro atoms. The molecule has 19 amide bonds. The summed E-state index contributed by atoms with van der Waals surface area (Å²) < 4.78 is 0. The van der Waals surface area contributed by atoms with Crippen LogP contribution in [0.25, 0.3) is 0 Å². The van der Waals surface area contributed by atoms with E-state index in [9.17, 15) is 91.1 Å². The van der Waals surface area contributed by atoms with Gasteiger partial charge in [0.15, 0.2) is 0 Å². The molecule has 0 bridgehead atoms. The van der Waals surface area contributed by atoms with Crippen LogP contribution in [-0.4, -0.2) is 249 Å². The van der Waals surface area contributed by atoms with Gasteiger partial charge in [-0.2, -0.15) is 0 Å². The molecule has 0 saturated carbocycles. The zero-order chi connectivity index (χ0) is 107. The fraction of sp³-hybridized carbons (Fsp3) is 0.802. The number of primary amides is 2. The Morgan fingerprint density at radius 3 is 0.610 bits per heavy atom. The van der Waals surface area contributed by atoms with E-state index in [4.69, 9.17) is 51.7 Å². The summed E-state index contributed by atoms with van der Waals surface area (Å²) in [6.07, 6.45) is 4.91. The summed E-state index contributed by atoms with van der Waals surface area (Å²) in [4.78, 5) is 266. The summed E-state index contributed by atoms with van der Waals surface area (Å²) >= 11 is 0. The molecule has 0 heterocycles. The van der Waals surface area contributed by atoms with E-state index >= 15 is 0 Å². The standard InChI is InChI=1S/C96H182N26O19/c1-55(2)46-63(102)82(127)108-69(36-38-78(103)123)88(133)114-70(37-39-79(104)124)89(134)118-77(53-62(15)16)96(141)121-74(50-59(9)10)93(138)113-68(34-23-28-44-101)87(132)117-76(52-61(13)14)95(140)119-72(48-57(5)6)91(136)111-65(31-20-25-41-98)84(129)110-66(32-21-26-42-99)85(130)116-75(51-60(11)12)94(139)120-73(49-58(7)8)92(137)112-67(33-22-27-43-100)86(131)115-71(47-56(3)4)90(135)109-64(30-19-24-40-97)83(128)107-54-81(126)106-45-29-17-18-35-80(125)122-105/h55-77H,17-54,97-102,105H2,1-16H3,(H2,103,123)(H2,104,124)(H,106,126)(H,107,128)(H,108,127)(H,109,135)(H,110,129)(H,111,136)(H,112,137)(H,113,138)(H,114,133)(H,115,131)(H,116,130)(H,117,132)(H,118,134)(H,119,140)(H,120,139)(H,121,141)(H,122,125)/t63-,64-,65-,66-,67-,68-,69-,70-,71-,72-,73-,74-,75-,76-,77-/m0/s1. The number of carbonyl (C=O) groups is 19. The van der Waals surface area contributed by atoms with Crippen molar-refractivity contribution in [3.63, 3.8) is 0 Å². The molecule has 0 aliphatic rings. The second kappa shape index (κ2) is 73.7. The Balaban J connectivity index is 7.44. The highest BCUT2D eigenvalue weighted by Gasteiger charge is 2.40. The molecule has 0 aliphatic carbocycles. The maximum absolute atomic E-state index is 15.0. The molecule has 45 heteroatoms. The number of nitrogens with one attached hydrogen (secondary N) is 17. The molecule has 0 unspecified atom stereocenters. The molecule has 0 aromatic heterocycles. The van der Waals surface area contributed by atoms with E-state index in [-0.39, 0.29) is 195 Å². The Bertz CT molecular complexity index is 3840. The lowest BCUT2D eigenvalue weighted by atomic mass is 9.98. The Kier molecular flexibility index (Phi) is 68.3. The van der Waals surface area contributed by atoms with Gasteiger partial charge in [-0.25, -0.2) is 5.84 Å². The fourth-order valence-corrected chi connectivity index (χ4v) is 15.5. The Morgan fingerprint density at radius 2 is 0.404 bits per heavy atom. The van der Waals surface area contributed by atoms with Gasteiger partial charge in [-0.1, -0.05) is 117 Å². The first-order valence-corrected chi connectivity index (χ1v) is 51.0. The highest BCUT2D eigenvalue weighted by atomic mass is 16.2. The van der Waals surface area contributed by atoms with Crippen molar-refractivity contribution in [2.24, 2.45) is 99.1 Å². The monoisotopic (exact) mass is 2000 g/mol. The van der Waals surface area contributed by atoms with Crippen LogP contribution in [-0.2, 0) is 91.1 Å². The van der Waals surface area contributed by atoms with Gasteiger partial charge >= 0.3 is 0 Å². The van der Waals surface area contributed by atoms with Crippen LogP contribution in [0.3, 0.4) is 0 Å². The predicted octanol–water partition coefficient (Wildman–Crippen LogP) is -1.57. The highest BCUT2D eigenvalue weighted by Crippen LogP contribution is 2.20. The summed E-state index contributed by atoms with van der Waals surface area (Å²) in [5.41, 5.74) is 48.7. The lowest BCUT2D eigenvalue weighted by molar-refractivity contribution is -0.137. The van der Waals surface area contributed by atoms with Crippen LogP contribution >= 0.6 is 0 Å². The summed E-state index contributed by atoms with van der Waals surface area (Å²) in [6, 6.07) is -19.9. The van der Waals surface area contributed by atoms with Crippen LogP contribution in [0.1, 0.15) is 310 Å². The minimum Gasteiger partial charge on any atom is -0.370 e. The van der Waals surface area contributed by atoms with Gasteiger partial charge in [-0.05, 0) is 253 Å². The van der Waals surface area contributed by atoms with Gasteiger partial charge in [0.1, 0.15) is 84.6 Å². The normalized spacial score (nSPS) is 14.7. The maximum atomic E-state index is 15.0. The summed E-state index contributed by atoms with van der Waals surface area (Å²) in [5, 5.41) is 43.9. The van der Waals surface area contributed by atoms with E-state index < -0.39 is 210 Å². The molecular weight excluding hydrogens is 1820 g/mol. The topological polar surface area (TPSA) is 763 Å². The van der Waals surface area contributed by atoms with Crippen molar-refractivity contribution in [3.8, 4) is 0 Å². The molecule has 45 nitrogen and oxygen atoms in total. The SMILES string of the molecule is CC(C)C[C@H](NC(=O)[C@H](CCCCN)NC(=O)[C@H](CC(C)C)NC(=O)[C@H](CC(C)C)NC(=O)[C@H](CCCCN)NC(=O)[C@H](CCCCN)NC(=O)[C@H](CC(C)C)NC(=O)[C@H](CC(C)C)NC(=O)[C@H](CCCCN)NC(=O)[C@H](CC(C)C)NC(=O)[C@H](CC(C)C)NC(=O)[C@H](CCC(N)=O)NC(=O)[C@H](CCC(N)=O)NC(=O)[C@@H](N)CC(C)C)C(=O)N[C@@H](CCCCN)C(=O)NCC(=O)NCCCCCC(=O)NN. The molecule has 35 N–H and O–H groups in total. The zero-order valence-electron chi connectivity index (χ0n) is 87.1. The summed E-state index contributed by atoms with van der Waals surface area (Å²) in [5.74, 6) is -11.1. The third-order valence-corrected chi connectivity index (χ3v) is 23.0. The minimum atomic E-state index is -1.55. The molecule has 0 aliphatic heterocycles. The fourth-order valence-electron chi connectivity index (χ4n) is 15.5. The van der Waals surface area contributed by atoms with E-state index in [0.29, 0.717) is 90.0 Å². The van der Waals surface area contributed by atoms with Crippen LogP contribution < -0.4 is 142 Å². The minimum absolute atomic E-state index is 0.000923. The van der Waals surface area contributed by atoms with Gasteiger partial charge in [0, 0.05) is 25.8 Å². The smallest absolute Gasteiger partial charge is 0.243 e. The van der Waals surface area contributed by atoms with E-state index in [1.165, 1.54) is 0 Å². The lowest BCUT2D eigenvalue weighted by Gasteiger charge is -2.30. The second-order valence-electron chi connectivity index (χ2n) is 40.4. The first-order valence-electron chi connectivity index (χ1n) is 51.0. The molecule has 0 radical (unpaired) electrons. The number of unbranched alkanes of at least 4 members (excludes halogenated alkanes) is 7. The first kappa shape index (κ1) is 131. The van der Waals surface area contributed by atoms with Crippen LogP contribution in [0, 0.1) is 47.3 Å². The molecule has 141 heavy (non-hydrogen) atoms. The average Bonchev–Trinajstić information content (AvgIpc) is 0.869. The van der Waals surface area contributed by atoms with Gasteiger partial charge in [0.2, 0.25) is 112 Å². The molecule has 810 valence electrons. The number of amides is 19. The van der Waals surface area contributed by atoms with Crippen LogP contribution in [0.15, 0.2) is 0 Å². The van der Waals surface area contributed by atoms with E-state index in [0.717, 1.165) is 0 Å². The van der Waals surface area contributed by atoms with Gasteiger partial charge in [-0.15, -0.1) is 0 Å². The first-order chi connectivity index (χ1) is 66.4. The molecule has 0 rings (SSSR count). The lowest BCUT2D eigenvalue weighted by Crippen LogP contribution is -2.61. The molecule has 0 fully saturated rings. The van der Waals surface area contributed by atoms with Crippen molar-refractivity contribution < 1.29 is 91.1 Å². The third-order valence-electron chi connectivity index (χ3n) is 23.0. The maximum Gasteiger partial charge on any atom is 0.243 e. The number of hydrogen-bond donors (Lipinski definition) is 26. The van der Waals surface area contributed by atoms with Gasteiger partial charge in [-0.3, -0.25) is 96.5 Å². The Morgan fingerprint density at radius 1 is 0.206 bits per heavy atom. The molecule has 0 aromatic rings. The number of carbonyl (C=O) groups excluding carboxylic acids is 19. The van der Waals surface area contributed by atoms with Gasteiger partial charge in [0.05, 0.1) is 12.6 Å². The number of hydrogen-bond acceptors (Lipinski definition) is 26. The number of nitrogens with two attached hydrogens (primary N) is 9. The highest BCUT2D eigenvalue weighted by molar-refractivity contribution is 6.01. The number of rotatable bonds is 79. The predicted molar refractivity (Wildman–Crippen MR) is 539 cm³/mol. The van der Waals surface area contributed by atoms with E-state index in [1.54, 1.807) is 55.4 Å². The van der Waals surface area contributed by atoms with Crippen molar-refractivity contribution in [1.29, 1.82) is 0 Å². The van der Waals surface area contributed by atoms with Crippen molar-refractivity contribution in [1.82, 2.24) is 90.5 Å². The van der Waals surface area contributed by atoms with Crippen LogP contribution in [0.4, 0.5) is 0 Å². The Labute approximate surface area is 835 Å². The van der Waals surface area contributed by atoms with Crippen LogP contribution in [0.2, 0.25) is 0 Å².